The molecule has 0 saturated carbocycles. The quantitative estimate of drug-likeness (QED) is 0.481. The minimum absolute atomic E-state index is 0.161. The molecule has 5 rings (SSSR count). The van der Waals surface area contributed by atoms with Crippen molar-refractivity contribution in [1.29, 1.82) is 0 Å². The molecule has 2 aliphatic heterocycles. The predicted molar refractivity (Wildman–Crippen MR) is 120 cm³/mol. The Morgan fingerprint density at radius 2 is 1.77 bits per heavy atom. The number of piperidine rings is 1. The monoisotopic (exact) mass is 423 g/mol. The van der Waals surface area contributed by atoms with Crippen LogP contribution in [0.4, 0.5) is 8.78 Å². The van der Waals surface area contributed by atoms with Gasteiger partial charge in [-0.25, -0.2) is 13.8 Å². The number of aryl methyl sites for hydroxylation is 2. The number of benzene rings is 2. The number of aromatic nitrogens is 2. The first-order valence-corrected chi connectivity index (χ1v) is 11.7. The molecule has 0 bridgehead atoms. The molecule has 2 aliphatic rings. The summed E-state index contributed by atoms with van der Waals surface area (Å²) in [6.45, 7) is 5.30. The van der Waals surface area contributed by atoms with Crippen molar-refractivity contribution in [2.75, 3.05) is 13.1 Å². The Kier molecular flexibility index (Phi) is 5.79. The zero-order valence-electron chi connectivity index (χ0n) is 18.3. The molecule has 1 fully saturated rings. The van der Waals surface area contributed by atoms with Crippen molar-refractivity contribution in [3.8, 4) is 0 Å². The van der Waals surface area contributed by atoms with Crippen LogP contribution in [0, 0.1) is 17.6 Å². The fourth-order valence-corrected chi connectivity index (χ4v) is 5.47. The van der Waals surface area contributed by atoms with Crippen LogP contribution in [0.3, 0.4) is 0 Å². The number of imidazole rings is 1. The van der Waals surface area contributed by atoms with E-state index >= 15 is 0 Å². The Hall–Kier alpha value is -2.27. The minimum Gasteiger partial charge on any atom is -0.324 e. The molecule has 0 N–H and O–H groups in total. The van der Waals surface area contributed by atoms with E-state index < -0.39 is 0 Å². The average molecular weight is 424 g/mol. The fraction of sp³-hybridized carbons (Fsp3) is 0.500. The third-order valence-corrected chi connectivity index (χ3v) is 7.24. The van der Waals surface area contributed by atoms with Gasteiger partial charge >= 0.3 is 0 Å². The Balaban J connectivity index is 1.18. The second-order valence-electron chi connectivity index (χ2n) is 9.46. The van der Waals surface area contributed by atoms with E-state index in [9.17, 15) is 8.78 Å². The number of halogens is 2. The average Bonchev–Trinajstić information content (AvgIpc) is 3.12. The summed E-state index contributed by atoms with van der Waals surface area (Å²) in [6.07, 6.45) is 7.86. The highest BCUT2D eigenvalue weighted by Gasteiger charge is 2.26. The largest absolute Gasteiger partial charge is 0.324 e. The second-order valence-corrected chi connectivity index (χ2v) is 9.46. The second kappa shape index (κ2) is 8.70. The summed E-state index contributed by atoms with van der Waals surface area (Å²) in [6, 6.07) is 10.6. The molecule has 3 heterocycles. The van der Waals surface area contributed by atoms with Gasteiger partial charge in [-0.1, -0.05) is 18.6 Å². The summed E-state index contributed by atoms with van der Waals surface area (Å²) in [5, 5.41) is 0. The fourth-order valence-electron chi connectivity index (χ4n) is 5.47. The van der Waals surface area contributed by atoms with Crippen LogP contribution in [-0.4, -0.2) is 27.5 Å². The maximum atomic E-state index is 14.0. The summed E-state index contributed by atoms with van der Waals surface area (Å²) in [7, 11) is 0. The zero-order chi connectivity index (χ0) is 21.4. The van der Waals surface area contributed by atoms with Gasteiger partial charge in [-0.3, -0.25) is 4.90 Å². The van der Waals surface area contributed by atoms with Gasteiger partial charge in [0.1, 0.15) is 17.5 Å². The van der Waals surface area contributed by atoms with Crippen LogP contribution in [-0.2, 0) is 19.4 Å². The number of hydrogen-bond acceptors (Lipinski definition) is 2. The third kappa shape index (κ3) is 4.38. The lowest BCUT2D eigenvalue weighted by Crippen LogP contribution is -2.34. The van der Waals surface area contributed by atoms with Gasteiger partial charge in [0.25, 0.3) is 0 Å². The van der Waals surface area contributed by atoms with Crippen molar-refractivity contribution in [1.82, 2.24) is 14.5 Å². The number of nitrogens with zero attached hydrogens (tertiary/aromatic N) is 3. The van der Waals surface area contributed by atoms with Gasteiger partial charge in [-0.15, -0.1) is 0 Å². The SMILES string of the molecule is CC1CCc2cc(F)cc3nc(CN4CCC(CCCc5ccc(F)cc5)CC4)n1c23. The van der Waals surface area contributed by atoms with Gasteiger partial charge in [-0.05, 0) is 93.8 Å². The maximum absolute atomic E-state index is 14.0. The predicted octanol–water partition coefficient (Wildman–Crippen LogP) is 6.06. The molecule has 31 heavy (non-hydrogen) atoms. The molecule has 0 radical (unpaired) electrons. The highest BCUT2D eigenvalue weighted by Crippen LogP contribution is 2.34. The smallest absolute Gasteiger partial charge is 0.125 e. The van der Waals surface area contributed by atoms with E-state index in [-0.39, 0.29) is 11.6 Å². The number of rotatable bonds is 6. The standard InChI is InChI=1S/C26H31F2N3/c1-18-5-8-21-15-23(28)16-24-26(21)31(18)25(29-24)17-30-13-11-20(12-14-30)4-2-3-19-6-9-22(27)10-7-19/h6-7,9-10,15-16,18,20H,2-5,8,11-14,17H2,1H3. The van der Waals surface area contributed by atoms with E-state index in [1.54, 1.807) is 24.3 Å². The molecule has 0 amide bonds. The van der Waals surface area contributed by atoms with E-state index in [0.717, 1.165) is 73.7 Å². The van der Waals surface area contributed by atoms with Gasteiger partial charge < -0.3 is 4.57 Å². The Morgan fingerprint density at radius 1 is 1.00 bits per heavy atom. The molecule has 2 aromatic carbocycles. The van der Waals surface area contributed by atoms with Crippen molar-refractivity contribution < 1.29 is 8.78 Å². The van der Waals surface area contributed by atoms with Crippen LogP contribution in [0.5, 0.6) is 0 Å². The molecule has 1 unspecified atom stereocenters. The number of likely N-dealkylation sites (tertiary alicyclic amines) is 1. The van der Waals surface area contributed by atoms with Crippen molar-refractivity contribution in [2.45, 2.75) is 64.5 Å². The van der Waals surface area contributed by atoms with E-state index in [1.165, 1.54) is 24.8 Å². The first kappa shape index (κ1) is 20.6. The lowest BCUT2D eigenvalue weighted by Gasteiger charge is -2.32. The minimum atomic E-state index is -0.172. The van der Waals surface area contributed by atoms with Crippen LogP contribution in [0.25, 0.3) is 11.0 Å². The van der Waals surface area contributed by atoms with Gasteiger partial charge in [-0.2, -0.15) is 0 Å². The van der Waals surface area contributed by atoms with Crippen LogP contribution in [0.15, 0.2) is 36.4 Å². The van der Waals surface area contributed by atoms with E-state index in [4.69, 9.17) is 4.98 Å². The van der Waals surface area contributed by atoms with Gasteiger partial charge in [0.05, 0.1) is 17.6 Å². The molecule has 3 nitrogen and oxygen atoms in total. The molecule has 0 spiro atoms. The molecule has 1 aromatic heterocycles. The zero-order valence-corrected chi connectivity index (χ0v) is 18.3. The van der Waals surface area contributed by atoms with Crippen molar-refractivity contribution >= 4 is 11.0 Å². The summed E-state index contributed by atoms with van der Waals surface area (Å²) in [5.41, 5.74) is 4.29. The first-order chi connectivity index (χ1) is 15.1. The Bertz CT molecular complexity index is 1050. The topological polar surface area (TPSA) is 21.1 Å². The molecule has 1 atom stereocenters. The van der Waals surface area contributed by atoms with E-state index in [1.807, 2.05) is 12.1 Å². The molecule has 0 aliphatic carbocycles. The van der Waals surface area contributed by atoms with E-state index in [2.05, 4.69) is 16.4 Å². The summed E-state index contributed by atoms with van der Waals surface area (Å²) in [4.78, 5) is 7.37. The van der Waals surface area contributed by atoms with Crippen LogP contribution in [0.1, 0.15) is 62.0 Å². The third-order valence-electron chi connectivity index (χ3n) is 7.24. The normalized spacial score (nSPS) is 19.9. The van der Waals surface area contributed by atoms with E-state index in [0.29, 0.717) is 6.04 Å². The highest BCUT2D eigenvalue weighted by atomic mass is 19.1. The Morgan fingerprint density at radius 3 is 2.55 bits per heavy atom. The van der Waals surface area contributed by atoms with Crippen LogP contribution < -0.4 is 0 Å². The number of hydrogen-bond donors (Lipinski definition) is 0. The summed E-state index contributed by atoms with van der Waals surface area (Å²) < 4.78 is 29.4. The van der Waals surface area contributed by atoms with Gasteiger partial charge in [0, 0.05) is 12.1 Å². The van der Waals surface area contributed by atoms with Crippen molar-refractivity contribution in [3.05, 3.63) is 65.0 Å². The highest BCUT2D eigenvalue weighted by molar-refractivity contribution is 5.80. The van der Waals surface area contributed by atoms with Gasteiger partial charge in [0.2, 0.25) is 0 Å². The lowest BCUT2D eigenvalue weighted by molar-refractivity contribution is 0.165. The molecular formula is C26H31F2N3. The molecule has 164 valence electrons. The van der Waals surface area contributed by atoms with Crippen LogP contribution >= 0.6 is 0 Å². The summed E-state index contributed by atoms with van der Waals surface area (Å²) >= 11 is 0. The lowest BCUT2D eigenvalue weighted by atomic mass is 9.90. The van der Waals surface area contributed by atoms with Crippen molar-refractivity contribution in [2.24, 2.45) is 5.92 Å². The Labute approximate surface area is 183 Å². The first-order valence-electron chi connectivity index (χ1n) is 11.7. The van der Waals surface area contributed by atoms with Crippen LogP contribution in [0.2, 0.25) is 0 Å². The summed E-state index contributed by atoms with van der Waals surface area (Å²) in [5.74, 6) is 1.53. The van der Waals surface area contributed by atoms with Crippen molar-refractivity contribution in [3.63, 3.8) is 0 Å². The molecule has 3 aromatic rings. The maximum Gasteiger partial charge on any atom is 0.125 e. The molecule has 1 saturated heterocycles. The molecular weight excluding hydrogens is 392 g/mol. The molecule has 5 heteroatoms. The van der Waals surface area contributed by atoms with Gasteiger partial charge in [0.15, 0.2) is 0 Å².